The Kier molecular flexibility index (Phi) is 10.1. The fourth-order valence-electron chi connectivity index (χ4n) is 2.39. The predicted molar refractivity (Wildman–Crippen MR) is 111 cm³/mol. The third kappa shape index (κ3) is 6.90. The first kappa shape index (κ1) is 20.5. The summed E-state index contributed by atoms with van der Waals surface area (Å²) in [6.45, 7) is 4.82. The Morgan fingerprint density at radius 1 is 1.17 bits per heavy atom. The van der Waals surface area contributed by atoms with Gasteiger partial charge in [-0.3, -0.25) is 4.99 Å². The zero-order chi connectivity index (χ0) is 16.3. The van der Waals surface area contributed by atoms with Crippen LogP contribution in [0, 0.1) is 0 Å². The topological polar surface area (TPSA) is 54.2 Å². The van der Waals surface area contributed by atoms with E-state index < -0.39 is 0 Å². The number of unbranched alkanes of at least 4 members (excludes halogenated alkanes) is 1. The van der Waals surface area contributed by atoms with Crippen LogP contribution >= 0.6 is 24.0 Å². The van der Waals surface area contributed by atoms with Gasteiger partial charge in [0.15, 0.2) is 5.96 Å². The highest BCUT2D eigenvalue weighted by atomic mass is 127. The Labute approximate surface area is 162 Å². The predicted octanol–water partition coefficient (Wildman–Crippen LogP) is 3.06. The van der Waals surface area contributed by atoms with E-state index in [1.54, 1.807) is 7.05 Å². The molecule has 0 spiro atoms. The van der Waals surface area contributed by atoms with Gasteiger partial charge in [-0.2, -0.15) is 0 Å². The fourth-order valence-corrected chi connectivity index (χ4v) is 2.39. The molecule has 0 bridgehead atoms. The summed E-state index contributed by atoms with van der Waals surface area (Å²) in [5.41, 5.74) is 1.29. The van der Waals surface area contributed by atoms with Gasteiger partial charge >= 0.3 is 0 Å². The fraction of sp³-hybridized carbons (Fsp3) is 0.444. The molecule has 1 aromatic heterocycles. The molecule has 6 heteroatoms. The van der Waals surface area contributed by atoms with Crippen molar-refractivity contribution in [2.24, 2.45) is 4.99 Å². The number of nitrogens with zero attached hydrogens (tertiary/aromatic N) is 3. The first-order valence-corrected chi connectivity index (χ1v) is 8.32. The van der Waals surface area contributed by atoms with E-state index in [9.17, 15) is 0 Å². The molecule has 2 N–H and O–H groups in total. The number of rotatable bonds is 8. The minimum atomic E-state index is 0. The number of nitrogens with one attached hydrogen (secondary N) is 2. The second kappa shape index (κ2) is 11.9. The molecule has 0 unspecified atom stereocenters. The number of imidazole rings is 1. The molecule has 5 nitrogen and oxygen atoms in total. The lowest BCUT2D eigenvalue weighted by Crippen LogP contribution is -2.38. The lowest BCUT2D eigenvalue weighted by atomic mass is 10.2. The molecule has 0 amide bonds. The third-order valence-electron chi connectivity index (χ3n) is 3.68. The number of guanidine groups is 1. The van der Waals surface area contributed by atoms with E-state index in [4.69, 9.17) is 0 Å². The molecule has 0 aliphatic carbocycles. The third-order valence-corrected chi connectivity index (χ3v) is 3.68. The van der Waals surface area contributed by atoms with Crippen molar-refractivity contribution in [2.75, 3.05) is 20.1 Å². The maximum Gasteiger partial charge on any atom is 0.190 e. The number of halogens is 1. The summed E-state index contributed by atoms with van der Waals surface area (Å²) < 4.78 is 2.20. The van der Waals surface area contributed by atoms with Gasteiger partial charge in [0.25, 0.3) is 0 Å². The minimum absolute atomic E-state index is 0. The van der Waals surface area contributed by atoms with Gasteiger partial charge in [0, 0.05) is 45.5 Å². The summed E-state index contributed by atoms with van der Waals surface area (Å²) >= 11 is 0. The summed E-state index contributed by atoms with van der Waals surface area (Å²) in [6.07, 6.45) is 7.11. The summed E-state index contributed by atoms with van der Waals surface area (Å²) in [7, 11) is 1.80. The zero-order valence-corrected chi connectivity index (χ0v) is 16.9. The molecule has 0 radical (unpaired) electrons. The normalized spacial score (nSPS) is 11.0. The second-order valence-corrected chi connectivity index (χ2v) is 5.49. The van der Waals surface area contributed by atoms with Crippen LogP contribution in [0.2, 0.25) is 0 Å². The Balaban J connectivity index is 0.00000288. The molecular weight excluding hydrogens is 413 g/mol. The van der Waals surface area contributed by atoms with Crippen molar-refractivity contribution in [3.05, 3.63) is 54.1 Å². The average Bonchev–Trinajstić information content (AvgIpc) is 3.01. The molecule has 0 aliphatic heterocycles. The van der Waals surface area contributed by atoms with Crippen molar-refractivity contribution in [1.29, 1.82) is 0 Å². The van der Waals surface area contributed by atoms with Gasteiger partial charge in [0.1, 0.15) is 5.82 Å². The van der Waals surface area contributed by atoms with Crippen LogP contribution in [0.25, 0.3) is 0 Å². The van der Waals surface area contributed by atoms with Crippen LogP contribution in [-0.4, -0.2) is 35.6 Å². The van der Waals surface area contributed by atoms with Gasteiger partial charge in [-0.25, -0.2) is 4.98 Å². The summed E-state index contributed by atoms with van der Waals surface area (Å²) in [6, 6.07) is 10.5. The van der Waals surface area contributed by atoms with Gasteiger partial charge in [-0.05, 0) is 12.0 Å². The zero-order valence-electron chi connectivity index (χ0n) is 14.5. The monoisotopic (exact) mass is 441 g/mol. The van der Waals surface area contributed by atoms with Crippen molar-refractivity contribution in [2.45, 2.75) is 32.7 Å². The highest BCUT2D eigenvalue weighted by Gasteiger charge is 2.04. The second-order valence-electron chi connectivity index (χ2n) is 5.49. The molecule has 2 aromatic rings. The summed E-state index contributed by atoms with van der Waals surface area (Å²) in [5.74, 6) is 1.95. The van der Waals surface area contributed by atoms with E-state index in [0.29, 0.717) is 0 Å². The first-order valence-electron chi connectivity index (χ1n) is 8.32. The van der Waals surface area contributed by atoms with E-state index >= 15 is 0 Å². The standard InChI is InChI=1S/C18H27N5.HI/c1-3-4-11-21-18(19-2)22-12-10-17-20-13-14-23(17)15-16-8-6-5-7-9-16;/h5-9,13-14H,3-4,10-12,15H2,1-2H3,(H2,19,21,22);1H. The van der Waals surface area contributed by atoms with Gasteiger partial charge < -0.3 is 15.2 Å². The van der Waals surface area contributed by atoms with Crippen molar-refractivity contribution < 1.29 is 0 Å². The molecule has 1 heterocycles. The van der Waals surface area contributed by atoms with E-state index in [-0.39, 0.29) is 24.0 Å². The summed E-state index contributed by atoms with van der Waals surface area (Å²) in [4.78, 5) is 8.71. The maximum absolute atomic E-state index is 4.47. The van der Waals surface area contributed by atoms with E-state index in [2.05, 4.69) is 56.4 Å². The minimum Gasteiger partial charge on any atom is -0.356 e. The molecule has 0 saturated heterocycles. The molecule has 1 aromatic carbocycles. The molecule has 0 atom stereocenters. The Hall–Kier alpha value is -1.57. The Bertz CT molecular complexity index is 594. The quantitative estimate of drug-likeness (QED) is 0.287. The van der Waals surface area contributed by atoms with E-state index in [1.807, 2.05) is 18.5 Å². The van der Waals surface area contributed by atoms with Crippen LogP contribution in [-0.2, 0) is 13.0 Å². The van der Waals surface area contributed by atoms with Crippen LogP contribution in [0.3, 0.4) is 0 Å². The first-order chi connectivity index (χ1) is 11.3. The van der Waals surface area contributed by atoms with Crippen LogP contribution in [0.15, 0.2) is 47.7 Å². The largest absolute Gasteiger partial charge is 0.356 e. The van der Waals surface area contributed by atoms with E-state index in [0.717, 1.165) is 44.3 Å². The Morgan fingerprint density at radius 2 is 1.92 bits per heavy atom. The summed E-state index contributed by atoms with van der Waals surface area (Å²) in [5, 5.41) is 6.66. The molecule has 2 rings (SSSR count). The van der Waals surface area contributed by atoms with E-state index in [1.165, 1.54) is 12.0 Å². The lowest BCUT2D eigenvalue weighted by molar-refractivity contribution is 0.687. The van der Waals surface area contributed by atoms with Crippen LogP contribution in [0.4, 0.5) is 0 Å². The van der Waals surface area contributed by atoms with Gasteiger partial charge in [0.05, 0.1) is 0 Å². The van der Waals surface area contributed by atoms with Crippen LogP contribution in [0.1, 0.15) is 31.2 Å². The van der Waals surface area contributed by atoms with Crippen molar-refractivity contribution in [3.63, 3.8) is 0 Å². The van der Waals surface area contributed by atoms with Crippen LogP contribution in [0.5, 0.6) is 0 Å². The van der Waals surface area contributed by atoms with Gasteiger partial charge in [-0.15, -0.1) is 24.0 Å². The van der Waals surface area contributed by atoms with Gasteiger partial charge in [-0.1, -0.05) is 43.7 Å². The lowest BCUT2D eigenvalue weighted by Gasteiger charge is -2.12. The van der Waals surface area contributed by atoms with Crippen molar-refractivity contribution in [1.82, 2.24) is 20.2 Å². The smallest absolute Gasteiger partial charge is 0.190 e. The highest BCUT2D eigenvalue weighted by Crippen LogP contribution is 2.05. The van der Waals surface area contributed by atoms with Crippen LogP contribution < -0.4 is 10.6 Å². The number of benzene rings is 1. The van der Waals surface area contributed by atoms with Gasteiger partial charge in [0.2, 0.25) is 0 Å². The number of aliphatic imine (C=N–C) groups is 1. The highest BCUT2D eigenvalue weighted by molar-refractivity contribution is 14.0. The molecule has 132 valence electrons. The number of aromatic nitrogens is 2. The maximum atomic E-state index is 4.47. The molecular formula is C18H28IN5. The molecule has 24 heavy (non-hydrogen) atoms. The SMILES string of the molecule is CCCCNC(=NC)NCCc1nccn1Cc1ccccc1.I. The number of hydrogen-bond donors (Lipinski definition) is 2. The van der Waals surface area contributed by atoms with Crippen molar-refractivity contribution >= 4 is 29.9 Å². The molecule has 0 fully saturated rings. The van der Waals surface area contributed by atoms with Crippen molar-refractivity contribution in [3.8, 4) is 0 Å². The molecule has 0 aliphatic rings. The average molecular weight is 441 g/mol. The number of hydrogen-bond acceptors (Lipinski definition) is 2. The molecule has 0 saturated carbocycles. The Morgan fingerprint density at radius 3 is 2.62 bits per heavy atom.